The molecular weight excluding hydrogens is 246 g/mol. The van der Waals surface area contributed by atoms with E-state index in [2.05, 4.69) is 9.97 Å². The van der Waals surface area contributed by atoms with E-state index in [0.29, 0.717) is 0 Å². The van der Waals surface area contributed by atoms with E-state index in [0.717, 1.165) is 22.6 Å². The third kappa shape index (κ3) is 1.77. The molecule has 0 saturated carbocycles. The van der Waals surface area contributed by atoms with E-state index < -0.39 is 0 Å². The second-order valence-electron chi connectivity index (χ2n) is 4.13. The number of imidazole rings is 1. The Bertz CT molecular complexity index is 674. The van der Waals surface area contributed by atoms with Gasteiger partial charge in [0.2, 0.25) is 0 Å². The minimum atomic E-state index is -0.113. The molecule has 0 N–H and O–H groups in total. The van der Waals surface area contributed by atoms with Crippen LogP contribution in [0.25, 0.3) is 16.9 Å². The van der Waals surface area contributed by atoms with Crippen LogP contribution in [0.5, 0.6) is 0 Å². The van der Waals surface area contributed by atoms with Gasteiger partial charge in [0.05, 0.1) is 16.8 Å². The first-order chi connectivity index (χ1) is 8.77. The topological polar surface area (TPSA) is 30.2 Å². The Kier molecular flexibility index (Phi) is 2.76. The predicted octanol–water partition coefficient (Wildman–Crippen LogP) is 3.70. The molecule has 90 valence electrons. The molecular formula is C14H12ClN3. The Morgan fingerprint density at radius 2 is 2.11 bits per heavy atom. The average molecular weight is 258 g/mol. The Morgan fingerprint density at radius 3 is 2.83 bits per heavy atom. The number of nitrogens with zero attached hydrogens (tertiary/aromatic N) is 3. The van der Waals surface area contributed by atoms with Crippen molar-refractivity contribution in [3.05, 3.63) is 54.6 Å². The summed E-state index contributed by atoms with van der Waals surface area (Å²) in [6, 6.07) is 9.82. The monoisotopic (exact) mass is 257 g/mol. The molecule has 3 heterocycles. The maximum absolute atomic E-state index is 6.30. The van der Waals surface area contributed by atoms with Crippen molar-refractivity contribution in [3.8, 4) is 11.3 Å². The van der Waals surface area contributed by atoms with Crippen molar-refractivity contribution in [2.75, 3.05) is 0 Å². The largest absolute Gasteiger partial charge is 0.302 e. The summed E-state index contributed by atoms with van der Waals surface area (Å²) < 4.78 is 2.03. The van der Waals surface area contributed by atoms with Crippen molar-refractivity contribution < 1.29 is 0 Å². The molecule has 0 saturated heterocycles. The molecule has 0 amide bonds. The molecule has 3 aromatic heterocycles. The van der Waals surface area contributed by atoms with E-state index in [1.165, 1.54) is 0 Å². The van der Waals surface area contributed by atoms with Crippen molar-refractivity contribution in [3.63, 3.8) is 0 Å². The number of rotatable bonds is 2. The standard InChI is InChI=1S/C14H12ClN3/c1-10(15)14-13(11-5-4-7-16-9-11)17-12-6-2-3-8-18(12)14/h2-10H,1H3. The number of fused-ring (bicyclic) bond motifs is 1. The Morgan fingerprint density at radius 1 is 1.22 bits per heavy atom. The average Bonchev–Trinajstić information content (AvgIpc) is 2.79. The zero-order valence-corrected chi connectivity index (χ0v) is 10.7. The fourth-order valence-corrected chi connectivity index (χ4v) is 2.32. The SMILES string of the molecule is CC(Cl)c1c(-c2cccnc2)nc2ccccn12. The van der Waals surface area contributed by atoms with Gasteiger partial charge in [-0.15, -0.1) is 11.6 Å². The maximum Gasteiger partial charge on any atom is 0.137 e. The third-order valence-electron chi connectivity index (χ3n) is 2.88. The molecule has 0 radical (unpaired) electrons. The fraction of sp³-hybridized carbons (Fsp3) is 0.143. The molecule has 4 heteroatoms. The highest BCUT2D eigenvalue weighted by molar-refractivity contribution is 6.20. The van der Waals surface area contributed by atoms with Crippen LogP contribution < -0.4 is 0 Å². The molecule has 0 fully saturated rings. The van der Waals surface area contributed by atoms with Gasteiger partial charge < -0.3 is 4.40 Å². The van der Waals surface area contributed by atoms with Crippen LogP contribution in [0.2, 0.25) is 0 Å². The highest BCUT2D eigenvalue weighted by Crippen LogP contribution is 2.31. The number of halogens is 1. The molecule has 3 aromatic rings. The van der Waals surface area contributed by atoms with E-state index in [1.807, 2.05) is 54.0 Å². The molecule has 18 heavy (non-hydrogen) atoms. The summed E-state index contributed by atoms with van der Waals surface area (Å²) in [6.45, 7) is 1.96. The van der Waals surface area contributed by atoms with Gasteiger partial charge in [-0.25, -0.2) is 4.98 Å². The van der Waals surface area contributed by atoms with E-state index in [4.69, 9.17) is 11.6 Å². The minimum absolute atomic E-state index is 0.113. The predicted molar refractivity (Wildman–Crippen MR) is 72.7 cm³/mol. The van der Waals surface area contributed by atoms with Crippen LogP contribution in [0.15, 0.2) is 48.9 Å². The first kappa shape index (κ1) is 11.2. The number of hydrogen-bond acceptors (Lipinski definition) is 2. The number of pyridine rings is 2. The Hall–Kier alpha value is -1.87. The lowest BCUT2D eigenvalue weighted by atomic mass is 10.1. The lowest BCUT2D eigenvalue weighted by molar-refractivity contribution is 0.965. The van der Waals surface area contributed by atoms with E-state index >= 15 is 0 Å². The highest BCUT2D eigenvalue weighted by atomic mass is 35.5. The second-order valence-corrected chi connectivity index (χ2v) is 4.79. The molecule has 0 aliphatic heterocycles. The van der Waals surface area contributed by atoms with Gasteiger partial charge in [0.15, 0.2) is 0 Å². The van der Waals surface area contributed by atoms with Gasteiger partial charge in [-0.05, 0) is 31.2 Å². The van der Waals surface area contributed by atoms with Gasteiger partial charge in [-0.2, -0.15) is 0 Å². The smallest absolute Gasteiger partial charge is 0.137 e. The van der Waals surface area contributed by atoms with Crippen molar-refractivity contribution in [2.45, 2.75) is 12.3 Å². The molecule has 0 bridgehead atoms. The van der Waals surface area contributed by atoms with Gasteiger partial charge in [0.1, 0.15) is 5.65 Å². The van der Waals surface area contributed by atoms with Crippen molar-refractivity contribution in [2.24, 2.45) is 0 Å². The summed E-state index contributed by atoms with van der Waals surface area (Å²) >= 11 is 6.30. The number of hydrogen-bond donors (Lipinski definition) is 0. The van der Waals surface area contributed by atoms with Gasteiger partial charge in [-0.1, -0.05) is 6.07 Å². The molecule has 0 aromatic carbocycles. The summed E-state index contributed by atoms with van der Waals surface area (Å²) in [5.41, 5.74) is 3.79. The van der Waals surface area contributed by atoms with Crippen LogP contribution in [0, 0.1) is 0 Å². The molecule has 0 spiro atoms. The van der Waals surface area contributed by atoms with Crippen LogP contribution in [0.4, 0.5) is 0 Å². The molecule has 0 aliphatic rings. The quantitative estimate of drug-likeness (QED) is 0.656. The molecule has 3 rings (SSSR count). The normalized spacial score (nSPS) is 12.8. The maximum atomic E-state index is 6.30. The van der Waals surface area contributed by atoms with Crippen LogP contribution in [0.1, 0.15) is 18.0 Å². The summed E-state index contributed by atoms with van der Waals surface area (Å²) in [4.78, 5) is 8.78. The van der Waals surface area contributed by atoms with Crippen LogP contribution in [-0.2, 0) is 0 Å². The first-order valence-corrected chi connectivity index (χ1v) is 6.22. The van der Waals surface area contributed by atoms with Gasteiger partial charge in [-0.3, -0.25) is 4.98 Å². The number of alkyl halides is 1. The Balaban J connectivity index is 2.32. The zero-order chi connectivity index (χ0) is 12.5. The van der Waals surface area contributed by atoms with Gasteiger partial charge >= 0.3 is 0 Å². The molecule has 0 aliphatic carbocycles. The summed E-state index contributed by atoms with van der Waals surface area (Å²) in [7, 11) is 0. The zero-order valence-electron chi connectivity index (χ0n) is 9.92. The summed E-state index contributed by atoms with van der Waals surface area (Å²) in [6.07, 6.45) is 5.55. The molecule has 1 atom stereocenters. The lowest BCUT2D eigenvalue weighted by Gasteiger charge is -2.06. The lowest BCUT2D eigenvalue weighted by Crippen LogP contribution is -1.94. The fourth-order valence-electron chi connectivity index (χ4n) is 2.11. The molecule has 3 nitrogen and oxygen atoms in total. The Labute approximate surface area is 110 Å². The van der Waals surface area contributed by atoms with Crippen molar-refractivity contribution >= 4 is 17.2 Å². The van der Waals surface area contributed by atoms with Gasteiger partial charge in [0, 0.05) is 24.2 Å². The number of aromatic nitrogens is 3. The summed E-state index contributed by atoms with van der Waals surface area (Å²) in [5.74, 6) is 0. The highest BCUT2D eigenvalue weighted by Gasteiger charge is 2.17. The molecule has 1 unspecified atom stereocenters. The van der Waals surface area contributed by atoms with Crippen LogP contribution in [-0.4, -0.2) is 14.4 Å². The third-order valence-corrected chi connectivity index (χ3v) is 3.09. The first-order valence-electron chi connectivity index (χ1n) is 5.79. The minimum Gasteiger partial charge on any atom is -0.302 e. The van der Waals surface area contributed by atoms with Gasteiger partial charge in [0.25, 0.3) is 0 Å². The van der Waals surface area contributed by atoms with E-state index in [9.17, 15) is 0 Å². The van der Waals surface area contributed by atoms with Crippen molar-refractivity contribution in [1.82, 2.24) is 14.4 Å². The van der Waals surface area contributed by atoms with Crippen molar-refractivity contribution in [1.29, 1.82) is 0 Å². The second kappa shape index (κ2) is 4.42. The van der Waals surface area contributed by atoms with E-state index in [-0.39, 0.29) is 5.38 Å². The van der Waals surface area contributed by atoms with Crippen LogP contribution in [0.3, 0.4) is 0 Å². The van der Waals surface area contributed by atoms with E-state index in [1.54, 1.807) is 6.20 Å². The summed E-state index contributed by atoms with van der Waals surface area (Å²) in [5, 5.41) is -0.113. The van der Waals surface area contributed by atoms with Crippen LogP contribution >= 0.6 is 11.6 Å².